The summed E-state index contributed by atoms with van der Waals surface area (Å²) in [4.78, 5) is 31.7. The molecule has 0 amide bonds. The predicted molar refractivity (Wildman–Crippen MR) is 81.5 cm³/mol. The number of hydrogen-bond acceptors (Lipinski definition) is 4. The molecule has 3 heterocycles. The summed E-state index contributed by atoms with van der Waals surface area (Å²) in [5, 5.41) is 4.43. The number of nitrogens with one attached hydrogen (secondary N) is 2. The lowest BCUT2D eigenvalue weighted by Crippen LogP contribution is -2.23. The van der Waals surface area contributed by atoms with Gasteiger partial charge in [-0.05, 0) is 18.4 Å². The predicted octanol–water partition coefficient (Wildman–Crippen LogP) is 1.79. The first-order chi connectivity index (χ1) is 11.5. The maximum Gasteiger partial charge on any atom is 0.325 e. The van der Waals surface area contributed by atoms with E-state index in [0.717, 1.165) is 0 Å². The van der Waals surface area contributed by atoms with Crippen molar-refractivity contribution in [2.75, 3.05) is 0 Å². The summed E-state index contributed by atoms with van der Waals surface area (Å²) < 4.78 is 27.2. The van der Waals surface area contributed by atoms with Crippen LogP contribution >= 0.6 is 11.6 Å². The highest BCUT2D eigenvalue weighted by Gasteiger charge is 2.46. The highest BCUT2D eigenvalue weighted by molar-refractivity contribution is 6.29. The third kappa shape index (κ3) is 2.32. The first-order valence-electron chi connectivity index (χ1n) is 7.10. The molecule has 2 N–H and O–H groups in total. The van der Waals surface area contributed by atoms with E-state index in [-0.39, 0.29) is 22.3 Å². The molecule has 7 nitrogen and oxygen atoms in total. The Balaban J connectivity index is 1.93. The van der Waals surface area contributed by atoms with E-state index in [1.165, 1.54) is 16.9 Å². The minimum Gasteiger partial charge on any atom is -0.313 e. The third-order valence-corrected chi connectivity index (χ3v) is 4.37. The highest BCUT2D eigenvalue weighted by atomic mass is 35.5. The van der Waals surface area contributed by atoms with Crippen molar-refractivity contribution >= 4 is 17.2 Å². The molecular weight excluding hydrogens is 344 g/mol. The normalized spacial score (nSPS) is 20.0. The topological polar surface area (TPSA) is 95.9 Å². The summed E-state index contributed by atoms with van der Waals surface area (Å²) in [6.07, 6.45) is 0.507. The SMILES string of the molecule is O=c1[nH]cc(-c2cc([C@H]3C[C@@H]3C(F)F)c3ncc(Cl)n3n2)c(=O)[nH]1. The van der Waals surface area contributed by atoms with Gasteiger partial charge in [-0.2, -0.15) is 5.10 Å². The number of nitrogens with zero attached hydrogens (tertiary/aromatic N) is 3. The number of rotatable bonds is 3. The molecule has 2 atom stereocenters. The second kappa shape index (κ2) is 5.23. The molecule has 1 fully saturated rings. The smallest absolute Gasteiger partial charge is 0.313 e. The van der Waals surface area contributed by atoms with E-state index in [0.29, 0.717) is 17.6 Å². The summed E-state index contributed by atoms with van der Waals surface area (Å²) in [6, 6.07) is 1.55. The zero-order valence-corrected chi connectivity index (χ0v) is 12.7. The van der Waals surface area contributed by atoms with Crippen molar-refractivity contribution in [2.24, 2.45) is 5.92 Å². The van der Waals surface area contributed by atoms with E-state index in [2.05, 4.69) is 20.1 Å². The van der Waals surface area contributed by atoms with E-state index in [1.807, 2.05) is 0 Å². The summed E-state index contributed by atoms with van der Waals surface area (Å²) in [5.41, 5.74) is -0.00759. The van der Waals surface area contributed by atoms with Gasteiger partial charge in [-0.15, -0.1) is 0 Å². The van der Waals surface area contributed by atoms with Crippen LogP contribution < -0.4 is 11.2 Å². The summed E-state index contributed by atoms with van der Waals surface area (Å²) in [5.74, 6) is -1.11. The quantitative estimate of drug-likeness (QED) is 0.750. The Kier molecular flexibility index (Phi) is 3.27. The van der Waals surface area contributed by atoms with Crippen molar-refractivity contribution in [2.45, 2.75) is 18.8 Å². The lowest BCUT2D eigenvalue weighted by atomic mass is 10.1. The Morgan fingerprint density at radius 3 is 2.83 bits per heavy atom. The zero-order chi connectivity index (χ0) is 17.0. The summed E-state index contributed by atoms with van der Waals surface area (Å²) in [6.45, 7) is 0. The molecule has 10 heteroatoms. The largest absolute Gasteiger partial charge is 0.325 e. The fraction of sp³-hybridized carbons (Fsp3) is 0.286. The summed E-state index contributed by atoms with van der Waals surface area (Å²) in [7, 11) is 0. The third-order valence-electron chi connectivity index (χ3n) is 4.11. The van der Waals surface area contributed by atoms with Crippen molar-refractivity contribution < 1.29 is 8.78 Å². The van der Waals surface area contributed by atoms with Crippen LogP contribution in [0.5, 0.6) is 0 Å². The van der Waals surface area contributed by atoms with Gasteiger partial charge in [0, 0.05) is 17.7 Å². The number of fused-ring (bicyclic) bond motifs is 1. The van der Waals surface area contributed by atoms with E-state index in [9.17, 15) is 18.4 Å². The van der Waals surface area contributed by atoms with Gasteiger partial charge in [0.15, 0.2) is 10.8 Å². The Bertz CT molecular complexity index is 1060. The van der Waals surface area contributed by atoms with Crippen molar-refractivity contribution in [3.05, 3.63) is 50.0 Å². The number of H-pyrrole nitrogens is 2. The van der Waals surface area contributed by atoms with Crippen molar-refractivity contribution in [1.29, 1.82) is 0 Å². The van der Waals surface area contributed by atoms with E-state index in [4.69, 9.17) is 11.6 Å². The molecule has 24 heavy (non-hydrogen) atoms. The van der Waals surface area contributed by atoms with E-state index >= 15 is 0 Å². The fourth-order valence-corrected chi connectivity index (χ4v) is 2.99. The van der Waals surface area contributed by atoms with E-state index in [1.54, 1.807) is 6.07 Å². The Labute approximate surface area is 137 Å². The maximum absolute atomic E-state index is 12.9. The minimum absolute atomic E-state index is 0.108. The van der Waals surface area contributed by atoms with Gasteiger partial charge in [-0.1, -0.05) is 11.6 Å². The average molecular weight is 354 g/mol. The lowest BCUT2D eigenvalue weighted by Gasteiger charge is -2.07. The monoisotopic (exact) mass is 353 g/mol. The number of halogens is 3. The standard InChI is InChI=1S/C14H10ClF2N5O2/c15-10-4-18-12-7(5-1-6(5)11(16)17)2-9(21-22(10)12)8-3-19-14(24)20-13(8)23/h2-6,11H,1H2,(H2,19,20,23,24)/t5-,6-/m0/s1. The van der Waals surface area contributed by atoms with Crippen LogP contribution in [0.2, 0.25) is 5.15 Å². The van der Waals surface area contributed by atoms with Gasteiger partial charge in [0.1, 0.15) is 0 Å². The van der Waals surface area contributed by atoms with Crippen LogP contribution in [0.15, 0.2) is 28.0 Å². The molecule has 0 spiro atoms. The molecule has 1 aliphatic carbocycles. The van der Waals surface area contributed by atoms with Gasteiger partial charge in [-0.25, -0.2) is 23.1 Å². The number of imidazole rings is 1. The van der Waals surface area contributed by atoms with Gasteiger partial charge >= 0.3 is 5.69 Å². The van der Waals surface area contributed by atoms with Crippen LogP contribution in [-0.2, 0) is 0 Å². The number of alkyl halides is 2. The van der Waals surface area contributed by atoms with Gasteiger partial charge in [0.25, 0.3) is 5.56 Å². The Morgan fingerprint density at radius 1 is 1.38 bits per heavy atom. The first kappa shape index (κ1) is 15.0. The molecule has 0 saturated heterocycles. The van der Waals surface area contributed by atoms with Crippen molar-refractivity contribution in [3.63, 3.8) is 0 Å². The van der Waals surface area contributed by atoms with Crippen LogP contribution in [-0.4, -0.2) is 31.0 Å². The molecule has 1 aliphatic rings. The molecule has 0 radical (unpaired) electrons. The fourth-order valence-electron chi connectivity index (χ4n) is 2.82. The Morgan fingerprint density at radius 2 is 2.17 bits per heavy atom. The molecule has 1 saturated carbocycles. The second-order valence-electron chi connectivity index (χ2n) is 5.63. The van der Waals surface area contributed by atoms with Crippen LogP contribution in [0, 0.1) is 5.92 Å². The molecular formula is C14H10ClF2N5O2. The molecule has 0 aromatic carbocycles. The molecule has 3 aromatic heterocycles. The van der Waals surface area contributed by atoms with Crippen molar-refractivity contribution in [3.8, 4) is 11.3 Å². The van der Waals surface area contributed by atoms with Gasteiger partial charge in [0.2, 0.25) is 6.43 Å². The van der Waals surface area contributed by atoms with Crippen LogP contribution in [0.4, 0.5) is 8.78 Å². The second-order valence-corrected chi connectivity index (χ2v) is 6.01. The van der Waals surface area contributed by atoms with Crippen LogP contribution in [0.25, 0.3) is 16.9 Å². The number of aromatic nitrogens is 5. The van der Waals surface area contributed by atoms with Gasteiger partial charge < -0.3 is 4.98 Å². The minimum atomic E-state index is -2.42. The van der Waals surface area contributed by atoms with Crippen LogP contribution in [0.1, 0.15) is 17.9 Å². The van der Waals surface area contributed by atoms with Crippen LogP contribution in [0.3, 0.4) is 0 Å². The lowest BCUT2D eigenvalue weighted by molar-refractivity contribution is 0.120. The molecule has 0 aliphatic heterocycles. The number of aromatic amines is 2. The molecule has 4 rings (SSSR count). The Hall–Kier alpha value is -2.55. The summed E-state index contributed by atoms with van der Waals surface area (Å²) >= 11 is 6.04. The molecule has 3 aromatic rings. The maximum atomic E-state index is 12.9. The van der Waals surface area contributed by atoms with Gasteiger partial charge in [-0.3, -0.25) is 9.78 Å². The van der Waals surface area contributed by atoms with E-state index < -0.39 is 23.6 Å². The molecule has 0 unspecified atom stereocenters. The first-order valence-corrected chi connectivity index (χ1v) is 7.48. The zero-order valence-electron chi connectivity index (χ0n) is 12.0. The molecule has 124 valence electrons. The average Bonchev–Trinajstić information content (AvgIpc) is 3.25. The van der Waals surface area contributed by atoms with Gasteiger partial charge in [0.05, 0.1) is 17.5 Å². The number of hydrogen-bond donors (Lipinski definition) is 2. The highest BCUT2D eigenvalue weighted by Crippen LogP contribution is 2.52. The van der Waals surface area contributed by atoms with Crippen molar-refractivity contribution in [1.82, 2.24) is 24.6 Å². The molecule has 0 bridgehead atoms.